The summed E-state index contributed by atoms with van der Waals surface area (Å²) in [4.78, 5) is 1.85. The van der Waals surface area contributed by atoms with Crippen molar-refractivity contribution in [1.29, 1.82) is 0 Å². The van der Waals surface area contributed by atoms with Gasteiger partial charge in [-0.15, -0.1) is 0 Å². The van der Waals surface area contributed by atoms with Crippen molar-refractivity contribution >= 4 is 28.9 Å². The number of hydrogen-bond acceptors (Lipinski definition) is 2. The maximum atomic E-state index is 13.8. The van der Waals surface area contributed by atoms with Crippen molar-refractivity contribution < 1.29 is 5.11 Å². The Kier molecular flexibility index (Phi) is 6.50. The quantitative estimate of drug-likeness (QED) is 0.319. The van der Waals surface area contributed by atoms with Crippen LogP contribution in [0.3, 0.4) is 0 Å². The van der Waals surface area contributed by atoms with Crippen molar-refractivity contribution in [2.75, 3.05) is 11.4 Å². The minimum Gasteiger partial charge on any atom is -0.858 e. The molecule has 0 atom stereocenters. The maximum Gasteiger partial charge on any atom is 0.137 e. The molecule has 3 heteroatoms. The van der Waals surface area contributed by atoms with Crippen LogP contribution in [0.4, 0.5) is 5.69 Å². The Hall–Kier alpha value is -3.35. The molecule has 31 heavy (non-hydrogen) atoms. The van der Waals surface area contributed by atoms with Crippen molar-refractivity contribution in [2.45, 2.75) is 6.92 Å². The highest BCUT2D eigenvalue weighted by Gasteiger charge is 2.43. The number of rotatable bonds is 7. The molecule has 154 valence electrons. The molecular weight excluding hydrogens is 397 g/mol. The molecule has 2 nitrogen and oxygen atoms in total. The van der Waals surface area contributed by atoms with E-state index in [9.17, 15) is 5.11 Å². The van der Waals surface area contributed by atoms with Gasteiger partial charge < -0.3 is 10.0 Å². The molecular formula is C28H26NOP. The van der Waals surface area contributed by atoms with Crippen molar-refractivity contribution in [3.63, 3.8) is 0 Å². The van der Waals surface area contributed by atoms with E-state index in [1.807, 2.05) is 66.2 Å². The summed E-state index contributed by atoms with van der Waals surface area (Å²) in [5.41, 5.74) is 0.915. The zero-order valence-corrected chi connectivity index (χ0v) is 18.5. The summed E-state index contributed by atoms with van der Waals surface area (Å²) in [6.45, 7) is 2.63. The lowest BCUT2D eigenvalue weighted by Crippen LogP contribution is -2.34. The van der Waals surface area contributed by atoms with Gasteiger partial charge in [-0.25, -0.2) is 0 Å². The number of hydrogen-bond donors (Lipinski definition) is 0. The lowest BCUT2D eigenvalue weighted by molar-refractivity contribution is -0.304. The maximum absolute atomic E-state index is 13.8. The molecule has 0 aromatic heterocycles. The van der Waals surface area contributed by atoms with E-state index in [0.29, 0.717) is 6.54 Å². The van der Waals surface area contributed by atoms with Gasteiger partial charge in [-0.3, -0.25) is 0 Å². The summed E-state index contributed by atoms with van der Waals surface area (Å²) < 4.78 is 0. The van der Waals surface area contributed by atoms with E-state index in [0.717, 1.165) is 5.69 Å². The van der Waals surface area contributed by atoms with Crippen LogP contribution >= 0.6 is 7.26 Å². The average Bonchev–Trinajstić information content (AvgIpc) is 2.85. The van der Waals surface area contributed by atoms with E-state index in [-0.39, 0.29) is 5.88 Å². The second kappa shape index (κ2) is 9.64. The molecule has 0 radical (unpaired) electrons. The molecule has 0 unspecified atom stereocenters. The first-order valence-corrected chi connectivity index (χ1v) is 12.4. The Morgan fingerprint density at radius 2 is 1.00 bits per heavy atom. The largest absolute Gasteiger partial charge is 0.858 e. The van der Waals surface area contributed by atoms with Gasteiger partial charge in [0, 0.05) is 18.1 Å². The van der Waals surface area contributed by atoms with Crippen molar-refractivity contribution in [3.8, 4) is 0 Å². The molecule has 4 aromatic carbocycles. The predicted molar refractivity (Wildman–Crippen MR) is 133 cm³/mol. The Labute approximate surface area is 185 Å². The molecule has 0 N–H and O–H groups in total. The third-order valence-corrected chi connectivity index (χ3v) is 9.39. The third-order valence-electron chi connectivity index (χ3n) is 5.44. The van der Waals surface area contributed by atoms with Crippen molar-refractivity contribution in [2.24, 2.45) is 0 Å². The number of para-hydroxylation sites is 1. The minimum atomic E-state index is -2.31. The van der Waals surface area contributed by atoms with Crippen molar-refractivity contribution in [1.82, 2.24) is 0 Å². The predicted octanol–water partition coefficient (Wildman–Crippen LogP) is 4.67. The molecule has 0 amide bonds. The molecule has 0 saturated carbocycles. The second-order valence-electron chi connectivity index (χ2n) is 7.28. The SMILES string of the molecule is CCN(/C([O-])=C/[P+](c1ccccc1)(c1ccccc1)c1ccccc1)c1ccccc1. The molecule has 0 spiro atoms. The third kappa shape index (κ3) is 4.26. The zero-order chi connectivity index (χ0) is 21.5. The highest BCUT2D eigenvalue weighted by atomic mass is 31.2. The standard InChI is InChI=1S/C28H26NOP/c1-2-29(24-15-7-3-8-16-24)28(30)23-31(25-17-9-4-10-18-25,26-19-11-5-12-20-26)27-21-13-6-14-22-27/h3-23H,2H2,1H3/b28-23-. The number of anilines is 1. The molecule has 0 bridgehead atoms. The van der Waals surface area contributed by atoms with Gasteiger partial charge in [-0.2, -0.15) is 0 Å². The second-order valence-corrected chi connectivity index (χ2v) is 10.5. The van der Waals surface area contributed by atoms with E-state index in [1.165, 1.54) is 15.9 Å². The molecule has 4 aromatic rings. The van der Waals surface area contributed by atoms with E-state index >= 15 is 0 Å². The van der Waals surface area contributed by atoms with E-state index < -0.39 is 7.26 Å². The first kappa shape index (κ1) is 20.9. The highest BCUT2D eigenvalue weighted by Crippen LogP contribution is 2.57. The molecule has 0 fully saturated rings. The summed E-state index contributed by atoms with van der Waals surface area (Å²) >= 11 is 0. The van der Waals surface area contributed by atoms with Crippen LogP contribution in [-0.2, 0) is 0 Å². The molecule has 0 aliphatic heterocycles. The van der Waals surface area contributed by atoms with Gasteiger partial charge in [0.2, 0.25) is 0 Å². The highest BCUT2D eigenvalue weighted by molar-refractivity contribution is 7.98. The Morgan fingerprint density at radius 3 is 1.35 bits per heavy atom. The van der Waals surface area contributed by atoms with Gasteiger partial charge in [-0.05, 0) is 55.5 Å². The topological polar surface area (TPSA) is 26.3 Å². The van der Waals surface area contributed by atoms with Crippen molar-refractivity contribution in [3.05, 3.63) is 133 Å². The summed E-state index contributed by atoms with van der Waals surface area (Å²) in [6.07, 6.45) is 0. The van der Waals surface area contributed by atoms with E-state index in [1.54, 1.807) is 0 Å². The van der Waals surface area contributed by atoms with Crippen LogP contribution in [0.5, 0.6) is 0 Å². The monoisotopic (exact) mass is 423 g/mol. The minimum absolute atomic E-state index is 0.0265. The molecule has 4 rings (SSSR count). The summed E-state index contributed by atoms with van der Waals surface area (Å²) in [5, 5.41) is 17.3. The first-order chi connectivity index (χ1) is 15.3. The van der Waals surface area contributed by atoms with Crippen LogP contribution in [0.25, 0.3) is 0 Å². The van der Waals surface area contributed by atoms with Crippen LogP contribution in [0.1, 0.15) is 6.92 Å². The normalized spacial score (nSPS) is 11.8. The Bertz CT molecular complexity index is 1020. The van der Waals surface area contributed by atoms with Crippen LogP contribution in [0, 0.1) is 0 Å². The van der Waals surface area contributed by atoms with Gasteiger partial charge in [0.15, 0.2) is 0 Å². The number of benzene rings is 4. The smallest absolute Gasteiger partial charge is 0.137 e. The molecule has 0 saturated heterocycles. The summed E-state index contributed by atoms with van der Waals surface area (Å²) in [7, 11) is -2.31. The lowest BCUT2D eigenvalue weighted by atomic mass is 10.3. The van der Waals surface area contributed by atoms with Crippen LogP contribution in [0.2, 0.25) is 0 Å². The average molecular weight is 423 g/mol. The first-order valence-electron chi connectivity index (χ1n) is 10.5. The molecule has 0 heterocycles. The zero-order valence-electron chi connectivity index (χ0n) is 17.6. The van der Waals surface area contributed by atoms with Crippen LogP contribution in [-0.4, -0.2) is 6.54 Å². The van der Waals surface area contributed by atoms with Gasteiger partial charge in [-0.1, -0.05) is 72.8 Å². The fourth-order valence-corrected chi connectivity index (χ4v) is 7.71. The van der Waals surface area contributed by atoms with Crippen LogP contribution in [0.15, 0.2) is 133 Å². The van der Waals surface area contributed by atoms with Gasteiger partial charge >= 0.3 is 0 Å². The van der Waals surface area contributed by atoms with Crippen LogP contribution < -0.4 is 25.9 Å². The van der Waals surface area contributed by atoms with E-state index in [2.05, 4.69) is 72.8 Å². The van der Waals surface area contributed by atoms with Gasteiger partial charge in [0.1, 0.15) is 23.2 Å². The Balaban J connectivity index is 1.99. The molecule has 0 aliphatic rings. The number of nitrogens with zero attached hydrogens (tertiary/aromatic N) is 1. The van der Waals surface area contributed by atoms with E-state index in [4.69, 9.17) is 0 Å². The van der Waals surface area contributed by atoms with Gasteiger partial charge in [0.25, 0.3) is 0 Å². The fraction of sp³-hybridized carbons (Fsp3) is 0.0714. The fourth-order valence-electron chi connectivity index (χ4n) is 3.97. The summed E-state index contributed by atoms with van der Waals surface area (Å²) in [6, 6.07) is 41.2. The molecule has 0 aliphatic carbocycles. The Morgan fingerprint density at radius 1 is 0.645 bits per heavy atom. The summed E-state index contributed by atoms with van der Waals surface area (Å²) in [5.74, 6) is 2.02. The lowest BCUT2D eigenvalue weighted by Gasteiger charge is -2.33. The van der Waals surface area contributed by atoms with Gasteiger partial charge in [0.05, 0.1) is 5.82 Å².